The van der Waals surface area contributed by atoms with Gasteiger partial charge in [-0.15, -0.1) is 0 Å². The van der Waals surface area contributed by atoms with Crippen LogP contribution in [0.25, 0.3) is 0 Å². The van der Waals surface area contributed by atoms with E-state index in [0.29, 0.717) is 19.4 Å². The summed E-state index contributed by atoms with van der Waals surface area (Å²) in [7, 11) is 0. The summed E-state index contributed by atoms with van der Waals surface area (Å²) in [5.74, 6) is -2.29. The third-order valence-corrected chi connectivity index (χ3v) is 6.02. The number of ketones is 1. The number of amides is 4. The highest BCUT2D eigenvalue weighted by Gasteiger charge is 2.50. The summed E-state index contributed by atoms with van der Waals surface area (Å²) in [6, 6.07) is -2.73. The first-order valence-corrected chi connectivity index (χ1v) is 12.7. The van der Waals surface area contributed by atoms with Crippen LogP contribution in [0.15, 0.2) is 0 Å². The summed E-state index contributed by atoms with van der Waals surface area (Å²) in [5, 5.41) is 8.16. The first kappa shape index (κ1) is 30.5. The molecular weight excluding hydrogens is 452 g/mol. The quantitative estimate of drug-likeness (QED) is 0.176. The summed E-state index contributed by atoms with van der Waals surface area (Å²) in [5.41, 5.74) is 4.36. The van der Waals surface area contributed by atoms with Crippen molar-refractivity contribution in [3.05, 3.63) is 0 Å². The first-order chi connectivity index (χ1) is 16.3. The predicted molar refractivity (Wildman–Crippen MR) is 132 cm³/mol. The molecule has 200 valence electrons. The zero-order chi connectivity index (χ0) is 26.8. The van der Waals surface area contributed by atoms with Gasteiger partial charge in [0.15, 0.2) is 5.78 Å². The van der Waals surface area contributed by atoms with Crippen LogP contribution in [0.4, 0.5) is 0 Å². The number of epoxide rings is 1. The fraction of sp³-hybridized carbons (Fsp3) is 0.800. The highest BCUT2D eigenvalue weighted by Crippen LogP contribution is 2.29. The lowest BCUT2D eigenvalue weighted by atomic mass is 9.93. The van der Waals surface area contributed by atoms with Crippen molar-refractivity contribution in [2.24, 2.45) is 17.6 Å². The van der Waals surface area contributed by atoms with Crippen LogP contribution in [0.5, 0.6) is 0 Å². The average molecular weight is 497 g/mol. The first-order valence-electron chi connectivity index (χ1n) is 12.7. The molecule has 10 heteroatoms. The zero-order valence-electron chi connectivity index (χ0n) is 22.1. The summed E-state index contributed by atoms with van der Waals surface area (Å²) in [6.45, 7) is 11.5. The van der Waals surface area contributed by atoms with E-state index < -0.39 is 41.4 Å². The molecule has 0 aromatic carbocycles. The van der Waals surface area contributed by atoms with Gasteiger partial charge < -0.3 is 26.4 Å². The number of hydrogen-bond donors (Lipinski definition) is 4. The van der Waals surface area contributed by atoms with Gasteiger partial charge in [-0.3, -0.25) is 24.0 Å². The maximum absolute atomic E-state index is 13.2. The van der Waals surface area contributed by atoms with Crippen molar-refractivity contribution in [3.63, 3.8) is 0 Å². The van der Waals surface area contributed by atoms with E-state index in [0.717, 1.165) is 19.3 Å². The number of hydrogen-bond acceptors (Lipinski definition) is 6. The molecule has 4 atom stereocenters. The Balaban J connectivity index is 2.95. The van der Waals surface area contributed by atoms with Gasteiger partial charge in [0.2, 0.25) is 23.6 Å². The lowest BCUT2D eigenvalue weighted by molar-refractivity contribution is -0.135. The minimum atomic E-state index is -1.09. The van der Waals surface area contributed by atoms with Crippen molar-refractivity contribution < 1.29 is 28.7 Å². The molecule has 0 aromatic heterocycles. The molecule has 4 unspecified atom stereocenters. The van der Waals surface area contributed by atoms with Crippen molar-refractivity contribution in [1.82, 2.24) is 16.0 Å². The fourth-order valence-electron chi connectivity index (χ4n) is 3.73. The van der Waals surface area contributed by atoms with Crippen LogP contribution in [0.1, 0.15) is 86.5 Å². The van der Waals surface area contributed by atoms with Gasteiger partial charge in [0.05, 0.1) is 12.6 Å². The molecule has 1 heterocycles. The number of primary amides is 1. The second-order valence-corrected chi connectivity index (χ2v) is 10.4. The minimum Gasteiger partial charge on any atom is -0.370 e. The molecule has 5 N–H and O–H groups in total. The summed E-state index contributed by atoms with van der Waals surface area (Å²) >= 11 is 0. The lowest BCUT2D eigenvalue weighted by Gasteiger charge is -2.27. The SMILES string of the molecule is CCCCCC(=O)NC(C(=O)NC(CCC(N)=O)C(=O)NC(CC(C)C)C(=O)C1(C)CO1)C(C)C. The van der Waals surface area contributed by atoms with Gasteiger partial charge in [0.1, 0.15) is 17.7 Å². The maximum Gasteiger partial charge on any atom is 0.243 e. The lowest BCUT2D eigenvalue weighted by Crippen LogP contribution is -2.57. The van der Waals surface area contributed by atoms with Gasteiger partial charge in [-0.2, -0.15) is 0 Å². The van der Waals surface area contributed by atoms with E-state index >= 15 is 0 Å². The minimum absolute atomic E-state index is 0.0292. The van der Waals surface area contributed by atoms with E-state index in [1.165, 1.54) is 0 Å². The third kappa shape index (κ3) is 10.8. The fourth-order valence-corrected chi connectivity index (χ4v) is 3.73. The monoisotopic (exact) mass is 496 g/mol. The van der Waals surface area contributed by atoms with E-state index in [-0.39, 0.29) is 36.4 Å². The highest BCUT2D eigenvalue weighted by atomic mass is 16.6. The number of nitrogens with one attached hydrogen (secondary N) is 3. The van der Waals surface area contributed by atoms with E-state index in [4.69, 9.17) is 10.5 Å². The number of carbonyl (C=O) groups excluding carboxylic acids is 5. The van der Waals surface area contributed by atoms with Crippen molar-refractivity contribution in [3.8, 4) is 0 Å². The van der Waals surface area contributed by atoms with Gasteiger partial charge in [0, 0.05) is 12.8 Å². The molecule has 4 amide bonds. The van der Waals surface area contributed by atoms with Gasteiger partial charge in [-0.05, 0) is 38.0 Å². The molecule has 0 radical (unpaired) electrons. The Morgan fingerprint density at radius 1 is 0.914 bits per heavy atom. The normalized spacial score (nSPS) is 19.5. The molecule has 1 aliphatic heterocycles. The van der Waals surface area contributed by atoms with E-state index in [2.05, 4.69) is 16.0 Å². The van der Waals surface area contributed by atoms with Gasteiger partial charge in [-0.1, -0.05) is 47.5 Å². The van der Waals surface area contributed by atoms with Gasteiger partial charge in [0.25, 0.3) is 0 Å². The van der Waals surface area contributed by atoms with Crippen LogP contribution < -0.4 is 21.7 Å². The molecule has 1 fully saturated rings. The van der Waals surface area contributed by atoms with Crippen LogP contribution >= 0.6 is 0 Å². The van der Waals surface area contributed by atoms with Gasteiger partial charge in [-0.25, -0.2) is 0 Å². The number of ether oxygens (including phenoxy) is 1. The van der Waals surface area contributed by atoms with E-state index in [1.54, 1.807) is 20.8 Å². The Labute approximate surface area is 208 Å². The molecule has 0 saturated carbocycles. The number of Topliss-reactive ketones (excluding diaryl/α,β-unsaturated/α-hetero) is 1. The second kappa shape index (κ2) is 14.2. The molecule has 1 saturated heterocycles. The maximum atomic E-state index is 13.2. The van der Waals surface area contributed by atoms with Crippen LogP contribution in [-0.2, 0) is 28.7 Å². The predicted octanol–water partition coefficient (Wildman–Crippen LogP) is 1.35. The summed E-state index contributed by atoms with van der Waals surface area (Å²) in [4.78, 5) is 62.8. The average Bonchev–Trinajstić information content (AvgIpc) is 3.51. The Morgan fingerprint density at radius 2 is 1.51 bits per heavy atom. The van der Waals surface area contributed by atoms with E-state index in [1.807, 2.05) is 20.8 Å². The Kier molecular flexibility index (Phi) is 12.4. The van der Waals surface area contributed by atoms with Crippen LogP contribution in [0, 0.1) is 11.8 Å². The number of nitrogens with two attached hydrogens (primary N) is 1. The highest BCUT2D eigenvalue weighted by molar-refractivity contribution is 5.98. The molecule has 35 heavy (non-hydrogen) atoms. The van der Waals surface area contributed by atoms with Crippen molar-refractivity contribution in [2.75, 3.05) is 6.61 Å². The third-order valence-electron chi connectivity index (χ3n) is 6.02. The van der Waals surface area contributed by atoms with Crippen LogP contribution in [0.3, 0.4) is 0 Å². The topological polar surface area (TPSA) is 160 Å². The molecular formula is C25H44N4O6. The standard InChI is InChI=1S/C25H44N4O6/c1-7-8-9-10-20(31)29-21(16(4)5)24(34)27-17(11-12-19(26)30)23(33)28-18(13-15(2)3)22(32)25(6)14-35-25/h15-18,21H,7-14H2,1-6H3,(H2,26,30)(H,27,34)(H,28,33)(H,29,31). The van der Waals surface area contributed by atoms with Crippen molar-refractivity contribution in [2.45, 2.75) is 110 Å². The number of rotatable bonds is 17. The van der Waals surface area contributed by atoms with Crippen LogP contribution in [0.2, 0.25) is 0 Å². The molecule has 0 bridgehead atoms. The largest absolute Gasteiger partial charge is 0.370 e. The van der Waals surface area contributed by atoms with Crippen LogP contribution in [-0.4, -0.2) is 59.7 Å². The van der Waals surface area contributed by atoms with E-state index in [9.17, 15) is 24.0 Å². The Hall–Kier alpha value is -2.49. The van der Waals surface area contributed by atoms with Crippen molar-refractivity contribution in [1.29, 1.82) is 0 Å². The molecule has 1 rings (SSSR count). The molecule has 0 spiro atoms. The number of carbonyl (C=O) groups is 5. The molecule has 10 nitrogen and oxygen atoms in total. The molecule has 1 aliphatic rings. The molecule has 0 aliphatic carbocycles. The second-order valence-electron chi connectivity index (χ2n) is 10.4. The Bertz CT molecular complexity index is 763. The van der Waals surface area contributed by atoms with Crippen molar-refractivity contribution >= 4 is 29.4 Å². The smallest absolute Gasteiger partial charge is 0.243 e. The van der Waals surface area contributed by atoms with Gasteiger partial charge >= 0.3 is 0 Å². The summed E-state index contributed by atoms with van der Waals surface area (Å²) < 4.78 is 5.26. The number of unbranched alkanes of at least 4 members (excludes halogenated alkanes) is 2. The summed E-state index contributed by atoms with van der Waals surface area (Å²) in [6.07, 6.45) is 3.19. The molecule has 0 aromatic rings. The zero-order valence-corrected chi connectivity index (χ0v) is 22.1. The Morgan fingerprint density at radius 3 is 2.00 bits per heavy atom.